The first-order valence-corrected chi connectivity index (χ1v) is 4.94. The second-order valence-electron chi connectivity index (χ2n) is 3.60. The second-order valence-corrected chi connectivity index (χ2v) is 3.60. The highest BCUT2D eigenvalue weighted by Gasteiger charge is 2.15. The Labute approximate surface area is 102 Å². The van der Waals surface area contributed by atoms with Gasteiger partial charge in [-0.15, -0.1) is 0 Å². The van der Waals surface area contributed by atoms with Crippen LogP contribution in [0.1, 0.15) is 11.3 Å². The van der Waals surface area contributed by atoms with E-state index in [0.29, 0.717) is 11.1 Å². The van der Waals surface area contributed by atoms with E-state index >= 15 is 0 Å². The van der Waals surface area contributed by atoms with Crippen molar-refractivity contribution in [3.05, 3.63) is 39.6 Å². The van der Waals surface area contributed by atoms with Gasteiger partial charge in [0.2, 0.25) is 17.5 Å². The molecule has 1 heterocycles. The number of nitrogen functional groups attached to an aromatic ring is 1. The van der Waals surface area contributed by atoms with Gasteiger partial charge in [0.1, 0.15) is 6.07 Å². The molecule has 7 heteroatoms. The topological polar surface area (TPSA) is 119 Å². The molecule has 2 N–H and O–H groups in total. The fraction of sp³-hybridized carbons (Fsp3) is 0.0909. The molecule has 0 saturated carbocycles. The smallest absolute Gasteiger partial charge is 0.269 e. The SMILES string of the molecule is Cc1cc([N+](=O)[O-])ccc1-c1nc(C#N)c(N)o1. The summed E-state index contributed by atoms with van der Waals surface area (Å²) in [4.78, 5) is 14.0. The highest BCUT2D eigenvalue weighted by atomic mass is 16.6. The van der Waals surface area contributed by atoms with Crippen LogP contribution in [0.5, 0.6) is 0 Å². The van der Waals surface area contributed by atoms with Crippen LogP contribution in [0.2, 0.25) is 0 Å². The van der Waals surface area contributed by atoms with Crippen LogP contribution in [-0.2, 0) is 0 Å². The van der Waals surface area contributed by atoms with Crippen molar-refractivity contribution < 1.29 is 9.34 Å². The van der Waals surface area contributed by atoms with Crippen molar-refractivity contribution in [2.45, 2.75) is 6.92 Å². The molecule has 1 aromatic carbocycles. The summed E-state index contributed by atoms with van der Waals surface area (Å²) in [6.45, 7) is 1.69. The third-order valence-corrected chi connectivity index (χ3v) is 2.41. The van der Waals surface area contributed by atoms with Gasteiger partial charge in [0.15, 0.2) is 0 Å². The van der Waals surface area contributed by atoms with Gasteiger partial charge in [0, 0.05) is 17.7 Å². The average molecular weight is 244 g/mol. The molecule has 0 saturated heterocycles. The summed E-state index contributed by atoms with van der Waals surface area (Å²) in [7, 11) is 0. The van der Waals surface area contributed by atoms with Crippen molar-refractivity contribution in [2.75, 3.05) is 5.73 Å². The molecule has 0 atom stereocenters. The molecule has 0 radical (unpaired) electrons. The van der Waals surface area contributed by atoms with E-state index in [2.05, 4.69) is 4.98 Å². The Balaban J connectivity index is 2.51. The number of nitriles is 1. The zero-order chi connectivity index (χ0) is 13.3. The molecule has 0 aliphatic rings. The van der Waals surface area contributed by atoms with Crippen molar-refractivity contribution in [1.29, 1.82) is 5.26 Å². The Kier molecular flexibility index (Phi) is 2.69. The van der Waals surface area contributed by atoms with Gasteiger partial charge in [-0.25, -0.2) is 0 Å². The lowest BCUT2D eigenvalue weighted by Gasteiger charge is -2.00. The van der Waals surface area contributed by atoms with Crippen LogP contribution in [0.4, 0.5) is 11.6 Å². The molecule has 7 nitrogen and oxygen atoms in total. The van der Waals surface area contributed by atoms with Crippen molar-refractivity contribution in [3.63, 3.8) is 0 Å². The van der Waals surface area contributed by atoms with Crippen LogP contribution < -0.4 is 5.73 Å². The third kappa shape index (κ3) is 1.87. The lowest BCUT2D eigenvalue weighted by molar-refractivity contribution is -0.384. The highest BCUT2D eigenvalue weighted by Crippen LogP contribution is 2.28. The summed E-state index contributed by atoms with van der Waals surface area (Å²) in [5.41, 5.74) is 6.63. The molecular weight excluding hydrogens is 236 g/mol. The Bertz CT molecular complexity index is 669. The van der Waals surface area contributed by atoms with E-state index in [0.717, 1.165) is 0 Å². The molecule has 0 unspecified atom stereocenters. The van der Waals surface area contributed by atoms with E-state index in [-0.39, 0.29) is 23.2 Å². The molecule has 0 spiro atoms. The van der Waals surface area contributed by atoms with E-state index in [9.17, 15) is 10.1 Å². The molecule has 0 aliphatic carbocycles. The number of oxazole rings is 1. The molecule has 0 bridgehead atoms. The number of aryl methyl sites for hydroxylation is 1. The zero-order valence-electron chi connectivity index (χ0n) is 9.38. The van der Waals surface area contributed by atoms with Crippen LogP contribution >= 0.6 is 0 Å². The van der Waals surface area contributed by atoms with Crippen LogP contribution in [0.25, 0.3) is 11.5 Å². The molecule has 0 fully saturated rings. The fourth-order valence-corrected chi connectivity index (χ4v) is 1.53. The van der Waals surface area contributed by atoms with Gasteiger partial charge < -0.3 is 10.2 Å². The summed E-state index contributed by atoms with van der Waals surface area (Å²) in [5, 5.41) is 19.3. The number of anilines is 1. The maximum Gasteiger partial charge on any atom is 0.269 e. The molecule has 0 aliphatic heterocycles. The normalized spacial score (nSPS) is 10.0. The first kappa shape index (κ1) is 11.6. The predicted molar refractivity (Wildman–Crippen MR) is 62.5 cm³/mol. The average Bonchev–Trinajstić information content (AvgIpc) is 2.70. The highest BCUT2D eigenvalue weighted by molar-refractivity contribution is 5.63. The van der Waals surface area contributed by atoms with Gasteiger partial charge in [-0.2, -0.15) is 10.2 Å². The van der Waals surface area contributed by atoms with E-state index in [4.69, 9.17) is 15.4 Å². The maximum atomic E-state index is 10.6. The molecule has 2 rings (SSSR count). The van der Waals surface area contributed by atoms with Gasteiger partial charge in [0.05, 0.1) is 4.92 Å². The summed E-state index contributed by atoms with van der Waals surface area (Å²) < 4.78 is 5.15. The van der Waals surface area contributed by atoms with Crippen LogP contribution in [-0.4, -0.2) is 9.91 Å². The van der Waals surface area contributed by atoms with E-state index in [1.165, 1.54) is 18.2 Å². The molecule has 0 amide bonds. The summed E-state index contributed by atoms with van der Waals surface area (Å²) in [5.74, 6) is 0.113. The molecular formula is C11H8N4O3. The summed E-state index contributed by atoms with van der Waals surface area (Å²) in [6, 6.07) is 6.06. The second kappa shape index (κ2) is 4.18. The number of nitro benzene ring substituents is 1. The van der Waals surface area contributed by atoms with Gasteiger partial charge >= 0.3 is 0 Å². The van der Waals surface area contributed by atoms with Crippen molar-refractivity contribution in [2.24, 2.45) is 0 Å². The number of hydrogen-bond acceptors (Lipinski definition) is 6. The third-order valence-electron chi connectivity index (χ3n) is 2.41. The first-order valence-electron chi connectivity index (χ1n) is 4.94. The van der Waals surface area contributed by atoms with Gasteiger partial charge in [-0.05, 0) is 18.6 Å². The zero-order valence-corrected chi connectivity index (χ0v) is 9.38. The number of non-ortho nitro benzene ring substituents is 1. The van der Waals surface area contributed by atoms with E-state index in [1.54, 1.807) is 13.0 Å². The Hall–Kier alpha value is -2.88. The minimum Gasteiger partial charge on any atom is -0.419 e. The molecule has 18 heavy (non-hydrogen) atoms. The predicted octanol–water partition coefficient (Wildman–Crippen LogP) is 2.01. The number of hydrogen-bond donors (Lipinski definition) is 1. The lowest BCUT2D eigenvalue weighted by Crippen LogP contribution is -1.90. The molecule has 1 aromatic heterocycles. The summed E-state index contributed by atoms with van der Waals surface area (Å²) >= 11 is 0. The number of rotatable bonds is 2. The van der Waals surface area contributed by atoms with Gasteiger partial charge in [-0.3, -0.25) is 10.1 Å². The minimum atomic E-state index is -0.485. The van der Waals surface area contributed by atoms with Crippen LogP contribution in [0.15, 0.2) is 22.6 Å². The number of aromatic nitrogens is 1. The number of nitro groups is 1. The van der Waals surface area contributed by atoms with Crippen molar-refractivity contribution in [1.82, 2.24) is 4.98 Å². The van der Waals surface area contributed by atoms with E-state index < -0.39 is 4.92 Å². The van der Waals surface area contributed by atoms with Gasteiger partial charge in [-0.1, -0.05) is 0 Å². The minimum absolute atomic E-state index is 0.00255. The monoisotopic (exact) mass is 244 g/mol. The largest absolute Gasteiger partial charge is 0.419 e. The van der Waals surface area contributed by atoms with E-state index in [1.807, 2.05) is 0 Å². The van der Waals surface area contributed by atoms with Crippen molar-refractivity contribution in [3.8, 4) is 17.5 Å². The standard InChI is InChI=1S/C11H8N4O3/c1-6-4-7(15(16)17)2-3-8(6)11-14-9(5-12)10(13)18-11/h2-4H,13H2,1H3. The Morgan fingerprint density at radius 1 is 1.56 bits per heavy atom. The number of nitrogens with two attached hydrogens (primary N) is 1. The maximum absolute atomic E-state index is 10.6. The van der Waals surface area contributed by atoms with Gasteiger partial charge in [0.25, 0.3) is 5.69 Å². The number of benzene rings is 1. The Morgan fingerprint density at radius 3 is 2.78 bits per heavy atom. The lowest BCUT2D eigenvalue weighted by atomic mass is 10.1. The van der Waals surface area contributed by atoms with Crippen molar-refractivity contribution >= 4 is 11.6 Å². The quantitative estimate of drug-likeness (QED) is 0.637. The number of nitrogens with zero attached hydrogens (tertiary/aromatic N) is 3. The van der Waals surface area contributed by atoms with Crippen LogP contribution in [0.3, 0.4) is 0 Å². The fourth-order valence-electron chi connectivity index (χ4n) is 1.53. The van der Waals surface area contributed by atoms with Crippen LogP contribution in [0, 0.1) is 28.4 Å². The molecule has 2 aromatic rings. The Morgan fingerprint density at radius 2 is 2.28 bits per heavy atom. The first-order chi connectivity index (χ1) is 8.52. The summed E-state index contributed by atoms with van der Waals surface area (Å²) in [6.07, 6.45) is 0. The molecule has 90 valence electrons.